The average Bonchev–Trinajstić information content (AvgIpc) is 2.84. The minimum Gasteiger partial charge on any atom is -0.481 e. The lowest BCUT2D eigenvalue weighted by Crippen LogP contribution is -2.03. The van der Waals surface area contributed by atoms with Crippen LogP contribution in [0.3, 0.4) is 0 Å². The van der Waals surface area contributed by atoms with E-state index in [4.69, 9.17) is 5.11 Å². The molecule has 0 aliphatic carbocycles. The average molecular weight is 303 g/mol. The second-order valence-electron chi connectivity index (χ2n) is 4.21. The van der Waals surface area contributed by atoms with Crippen LogP contribution in [0.1, 0.15) is 0 Å². The third kappa shape index (κ3) is 2.59. The van der Waals surface area contributed by atoms with Crippen LogP contribution in [0, 0.1) is 5.82 Å². The molecule has 0 aliphatic heterocycles. The first-order valence-electron chi connectivity index (χ1n) is 6.10. The van der Waals surface area contributed by atoms with Gasteiger partial charge < -0.3 is 5.11 Å². The number of thioether (sulfide) groups is 1. The Morgan fingerprint density at radius 3 is 2.86 bits per heavy atom. The molecule has 0 fully saturated rings. The topological polar surface area (TPSA) is 68.0 Å². The number of nitrogens with zero attached hydrogens (tertiary/aromatic N) is 3. The first-order chi connectivity index (χ1) is 10.2. The van der Waals surface area contributed by atoms with E-state index >= 15 is 0 Å². The lowest BCUT2D eigenvalue weighted by atomic mass is 10.3. The molecule has 5 nitrogen and oxygen atoms in total. The first kappa shape index (κ1) is 13.6. The van der Waals surface area contributed by atoms with E-state index in [9.17, 15) is 9.18 Å². The summed E-state index contributed by atoms with van der Waals surface area (Å²) < 4.78 is 15.6. The summed E-state index contributed by atoms with van der Waals surface area (Å²) in [4.78, 5) is 19.3. The van der Waals surface area contributed by atoms with E-state index in [1.54, 1.807) is 36.5 Å². The maximum Gasteiger partial charge on any atom is 0.313 e. The van der Waals surface area contributed by atoms with Crippen LogP contribution in [0.5, 0.6) is 0 Å². The van der Waals surface area contributed by atoms with Gasteiger partial charge in [-0.3, -0.25) is 9.36 Å². The zero-order valence-electron chi connectivity index (χ0n) is 10.7. The van der Waals surface area contributed by atoms with Crippen molar-refractivity contribution in [2.75, 3.05) is 5.75 Å². The number of pyridine rings is 1. The van der Waals surface area contributed by atoms with Gasteiger partial charge in [-0.1, -0.05) is 23.9 Å². The molecule has 0 saturated heterocycles. The predicted octanol–water partition coefficient (Wildman–Crippen LogP) is 2.74. The Bertz CT molecular complexity index is 819. The fraction of sp³-hybridized carbons (Fsp3) is 0.0714. The molecule has 0 unspecified atom stereocenters. The highest BCUT2D eigenvalue weighted by Gasteiger charge is 2.17. The van der Waals surface area contributed by atoms with Gasteiger partial charge in [-0.25, -0.2) is 14.4 Å². The number of fused-ring (bicyclic) bond motifs is 1. The molecule has 0 radical (unpaired) electrons. The SMILES string of the molecule is O=C(O)CSc1nc2cccnc2n1-c1ccccc1F. The molecule has 3 aromatic rings. The van der Waals surface area contributed by atoms with E-state index in [2.05, 4.69) is 9.97 Å². The second kappa shape index (κ2) is 5.53. The molecule has 106 valence electrons. The lowest BCUT2D eigenvalue weighted by molar-refractivity contribution is -0.133. The third-order valence-electron chi connectivity index (χ3n) is 2.80. The smallest absolute Gasteiger partial charge is 0.313 e. The molecule has 0 spiro atoms. The van der Waals surface area contributed by atoms with Crippen LogP contribution < -0.4 is 0 Å². The minimum atomic E-state index is -0.958. The Balaban J connectivity index is 2.20. The minimum absolute atomic E-state index is 0.155. The quantitative estimate of drug-likeness (QED) is 0.751. The van der Waals surface area contributed by atoms with Gasteiger partial charge in [0.1, 0.15) is 11.3 Å². The number of aliphatic carboxylic acids is 1. The number of carboxylic acids is 1. The van der Waals surface area contributed by atoms with Crippen molar-refractivity contribution >= 4 is 28.9 Å². The zero-order chi connectivity index (χ0) is 14.8. The normalized spacial score (nSPS) is 10.9. The van der Waals surface area contributed by atoms with Crippen LogP contribution in [0.4, 0.5) is 4.39 Å². The fourth-order valence-electron chi connectivity index (χ4n) is 1.96. The summed E-state index contributed by atoms with van der Waals surface area (Å²) in [6, 6.07) is 9.73. The Hall–Kier alpha value is -2.41. The molecule has 1 aromatic carbocycles. The summed E-state index contributed by atoms with van der Waals surface area (Å²) in [6.07, 6.45) is 1.59. The summed E-state index contributed by atoms with van der Waals surface area (Å²) in [6.45, 7) is 0. The summed E-state index contributed by atoms with van der Waals surface area (Å²) >= 11 is 1.03. The number of carboxylic acid groups (broad SMARTS) is 1. The summed E-state index contributed by atoms with van der Waals surface area (Å²) in [5, 5.41) is 9.22. The number of benzene rings is 1. The molecule has 0 atom stereocenters. The van der Waals surface area contributed by atoms with Crippen molar-refractivity contribution < 1.29 is 14.3 Å². The molecule has 0 bridgehead atoms. The monoisotopic (exact) mass is 303 g/mol. The lowest BCUT2D eigenvalue weighted by Gasteiger charge is -2.08. The highest BCUT2D eigenvalue weighted by Crippen LogP contribution is 2.27. The summed E-state index contributed by atoms with van der Waals surface area (Å²) in [5.41, 5.74) is 1.38. The second-order valence-corrected chi connectivity index (χ2v) is 5.15. The first-order valence-corrected chi connectivity index (χ1v) is 7.08. The molecule has 2 aromatic heterocycles. The van der Waals surface area contributed by atoms with E-state index in [0.29, 0.717) is 22.0 Å². The number of rotatable bonds is 4. The number of hydrogen-bond donors (Lipinski definition) is 1. The number of carbonyl (C=O) groups is 1. The molecular weight excluding hydrogens is 293 g/mol. The van der Waals surface area contributed by atoms with Gasteiger partial charge in [0.2, 0.25) is 0 Å². The van der Waals surface area contributed by atoms with Crippen LogP contribution in [0.2, 0.25) is 0 Å². The van der Waals surface area contributed by atoms with E-state index in [0.717, 1.165) is 11.8 Å². The largest absolute Gasteiger partial charge is 0.481 e. The highest BCUT2D eigenvalue weighted by atomic mass is 32.2. The van der Waals surface area contributed by atoms with Gasteiger partial charge in [0.15, 0.2) is 10.8 Å². The van der Waals surface area contributed by atoms with Crippen LogP contribution >= 0.6 is 11.8 Å². The summed E-state index contributed by atoms with van der Waals surface area (Å²) in [7, 11) is 0. The standard InChI is InChI=1S/C14H10FN3O2S/c15-9-4-1-2-6-11(9)18-13-10(5-3-7-16-13)17-14(18)21-8-12(19)20/h1-7H,8H2,(H,19,20). The van der Waals surface area contributed by atoms with Gasteiger partial charge >= 0.3 is 5.97 Å². The van der Waals surface area contributed by atoms with Crippen molar-refractivity contribution in [3.8, 4) is 5.69 Å². The predicted molar refractivity (Wildman–Crippen MR) is 77.2 cm³/mol. The van der Waals surface area contributed by atoms with Gasteiger partial charge in [0.25, 0.3) is 0 Å². The molecule has 0 saturated carbocycles. The van der Waals surface area contributed by atoms with E-state index in [-0.39, 0.29) is 5.75 Å². The van der Waals surface area contributed by atoms with Crippen LogP contribution in [-0.2, 0) is 4.79 Å². The number of halogens is 1. The summed E-state index contributed by atoms with van der Waals surface area (Å²) in [5.74, 6) is -1.53. The Morgan fingerprint density at radius 2 is 2.10 bits per heavy atom. The Kier molecular flexibility index (Phi) is 3.57. The van der Waals surface area contributed by atoms with Crippen molar-refractivity contribution in [3.05, 3.63) is 48.4 Å². The van der Waals surface area contributed by atoms with Crippen molar-refractivity contribution in [2.45, 2.75) is 5.16 Å². The van der Waals surface area contributed by atoms with Crippen molar-refractivity contribution in [1.29, 1.82) is 0 Å². The molecular formula is C14H10FN3O2S. The maximum atomic E-state index is 14.1. The molecule has 1 N–H and O–H groups in total. The number of imidazole rings is 1. The molecule has 7 heteroatoms. The Morgan fingerprint density at radius 1 is 1.29 bits per heavy atom. The highest BCUT2D eigenvalue weighted by molar-refractivity contribution is 7.99. The van der Waals surface area contributed by atoms with E-state index < -0.39 is 11.8 Å². The molecule has 2 heterocycles. The number of hydrogen-bond acceptors (Lipinski definition) is 4. The molecule has 0 amide bonds. The molecule has 3 rings (SSSR count). The van der Waals surface area contributed by atoms with E-state index in [1.807, 2.05) is 0 Å². The van der Waals surface area contributed by atoms with Gasteiger partial charge in [-0.15, -0.1) is 0 Å². The van der Waals surface area contributed by atoms with Crippen LogP contribution in [0.25, 0.3) is 16.9 Å². The van der Waals surface area contributed by atoms with Crippen LogP contribution in [-0.4, -0.2) is 31.4 Å². The molecule has 21 heavy (non-hydrogen) atoms. The molecule has 0 aliphatic rings. The van der Waals surface area contributed by atoms with Crippen LogP contribution in [0.15, 0.2) is 47.8 Å². The van der Waals surface area contributed by atoms with Crippen molar-refractivity contribution in [1.82, 2.24) is 14.5 Å². The van der Waals surface area contributed by atoms with Gasteiger partial charge in [0.05, 0.1) is 11.4 Å². The fourth-order valence-corrected chi connectivity index (χ4v) is 2.69. The zero-order valence-corrected chi connectivity index (χ0v) is 11.5. The Labute approximate surface area is 123 Å². The third-order valence-corrected chi connectivity index (χ3v) is 3.73. The maximum absolute atomic E-state index is 14.1. The van der Waals surface area contributed by atoms with Crippen molar-refractivity contribution in [2.24, 2.45) is 0 Å². The van der Waals surface area contributed by atoms with Gasteiger partial charge in [-0.05, 0) is 24.3 Å². The van der Waals surface area contributed by atoms with Crippen molar-refractivity contribution in [3.63, 3.8) is 0 Å². The van der Waals surface area contributed by atoms with Gasteiger partial charge in [-0.2, -0.15) is 0 Å². The van der Waals surface area contributed by atoms with E-state index in [1.165, 1.54) is 10.6 Å². The van der Waals surface area contributed by atoms with Gasteiger partial charge in [0, 0.05) is 6.20 Å². The number of para-hydroxylation sites is 1. The number of aromatic nitrogens is 3.